The van der Waals surface area contributed by atoms with Crippen molar-refractivity contribution in [3.8, 4) is 0 Å². The molecule has 29 heavy (non-hydrogen) atoms. The van der Waals surface area contributed by atoms with Crippen LogP contribution in [-0.2, 0) is 6.42 Å². The van der Waals surface area contributed by atoms with Gasteiger partial charge >= 0.3 is 0 Å². The van der Waals surface area contributed by atoms with Gasteiger partial charge in [-0.2, -0.15) is 9.50 Å². The van der Waals surface area contributed by atoms with E-state index in [2.05, 4.69) is 20.4 Å². The Balaban J connectivity index is 1.67. The minimum absolute atomic E-state index is 0.260. The summed E-state index contributed by atoms with van der Waals surface area (Å²) in [6, 6.07) is 15.0. The monoisotopic (exact) mass is 407 g/mol. The molecule has 1 amide bonds. The van der Waals surface area contributed by atoms with E-state index in [0.29, 0.717) is 17.3 Å². The Labute approximate surface area is 171 Å². The summed E-state index contributed by atoms with van der Waals surface area (Å²) >= 11 is 1.46. The highest BCUT2D eigenvalue weighted by Crippen LogP contribution is 2.34. The fourth-order valence-electron chi connectivity index (χ4n) is 2.84. The second-order valence-corrected chi connectivity index (χ2v) is 7.44. The van der Waals surface area contributed by atoms with Crippen LogP contribution in [-0.4, -0.2) is 25.5 Å². The number of nitrogens with zero attached hydrogens (tertiary/aromatic N) is 4. The predicted molar refractivity (Wildman–Crippen MR) is 110 cm³/mol. The first-order chi connectivity index (χ1) is 14.0. The van der Waals surface area contributed by atoms with Gasteiger partial charge < -0.3 is 5.32 Å². The van der Waals surface area contributed by atoms with Crippen molar-refractivity contribution in [1.82, 2.24) is 19.6 Å². The summed E-state index contributed by atoms with van der Waals surface area (Å²) in [5.74, 6) is 0.363. The van der Waals surface area contributed by atoms with Crippen molar-refractivity contribution < 1.29 is 9.18 Å². The lowest BCUT2D eigenvalue weighted by Gasteiger charge is -2.12. The maximum Gasteiger partial charge on any atom is 0.255 e. The highest BCUT2D eigenvalue weighted by molar-refractivity contribution is 7.99. The number of rotatable bonds is 5. The van der Waals surface area contributed by atoms with Crippen LogP contribution in [0.2, 0.25) is 0 Å². The van der Waals surface area contributed by atoms with Crippen LogP contribution < -0.4 is 5.32 Å². The molecule has 0 bridgehead atoms. The van der Waals surface area contributed by atoms with Crippen LogP contribution in [0.15, 0.2) is 64.5 Å². The molecule has 1 N–H and O–H groups in total. The number of nitrogens with one attached hydrogen (secondary N) is 1. The van der Waals surface area contributed by atoms with Crippen LogP contribution in [0.25, 0.3) is 5.78 Å². The van der Waals surface area contributed by atoms with Crippen molar-refractivity contribution >= 4 is 29.1 Å². The van der Waals surface area contributed by atoms with Gasteiger partial charge in [-0.1, -0.05) is 36.9 Å². The molecule has 0 aliphatic rings. The quantitative estimate of drug-likeness (QED) is 0.492. The first kappa shape index (κ1) is 19.1. The molecule has 0 saturated heterocycles. The van der Waals surface area contributed by atoms with Crippen LogP contribution >= 0.6 is 11.8 Å². The molecule has 0 saturated carbocycles. The van der Waals surface area contributed by atoms with Gasteiger partial charge in [-0.15, -0.1) is 5.10 Å². The molecule has 0 aliphatic carbocycles. The molecular weight excluding hydrogens is 389 g/mol. The van der Waals surface area contributed by atoms with Crippen molar-refractivity contribution in [2.75, 3.05) is 5.32 Å². The van der Waals surface area contributed by atoms with Crippen LogP contribution in [0, 0.1) is 12.7 Å². The molecule has 8 heteroatoms. The molecule has 0 spiro atoms. The van der Waals surface area contributed by atoms with Crippen LogP contribution in [0.4, 0.5) is 10.1 Å². The summed E-state index contributed by atoms with van der Waals surface area (Å²) in [6.45, 7) is 3.85. The summed E-state index contributed by atoms with van der Waals surface area (Å²) in [7, 11) is 0. The zero-order valence-electron chi connectivity index (χ0n) is 15.9. The maximum atomic E-state index is 13.4. The fourth-order valence-corrected chi connectivity index (χ4v) is 3.84. The number of amides is 1. The second-order valence-electron chi connectivity index (χ2n) is 6.37. The van der Waals surface area contributed by atoms with Crippen LogP contribution in [0.5, 0.6) is 0 Å². The molecule has 146 valence electrons. The van der Waals surface area contributed by atoms with Gasteiger partial charge in [-0.3, -0.25) is 4.79 Å². The van der Waals surface area contributed by atoms with Gasteiger partial charge in [0, 0.05) is 16.2 Å². The molecule has 0 atom stereocenters. The molecule has 0 aliphatic heterocycles. The van der Waals surface area contributed by atoms with E-state index in [4.69, 9.17) is 0 Å². The van der Waals surface area contributed by atoms with Gasteiger partial charge in [0.15, 0.2) is 0 Å². The van der Waals surface area contributed by atoms with Gasteiger partial charge in [-0.25, -0.2) is 9.37 Å². The minimum atomic E-state index is -0.451. The number of carbonyl (C=O) groups excluding carboxylic acids is 1. The standard InChI is InChI=1S/C21H18FN5OS/c1-3-16-12-19(27-21(24-16)23-13(2)26-27)29-18-10-5-4-9-17(18)25-20(28)14-7-6-8-15(22)11-14/h4-12H,3H2,1-2H3,(H,25,28). The number of halogens is 1. The molecule has 0 radical (unpaired) electrons. The second kappa shape index (κ2) is 8.00. The summed E-state index contributed by atoms with van der Waals surface area (Å²) in [5.41, 5.74) is 1.80. The number of benzene rings is 2. The van der Waals surface area contributed by atoms with E-state index in [1.54, 1.807) is 10.6 Å². The summed E-state index contributed by atoms with van der Waals surface area (Å²) in [6.07, 6.45) is 0.772. The number of aryl methyl sites for hydroxylation is 2. The van der Waals surface area contributed by atoms with E-state index in [1.165, 1.54) is 30.0 Å². The Bertz CT molecular complexity index is 1210. The highest BCUT2D eigenvalue weighted by Gasteiger charge is 2.14. The van der Waals surface area contributed by atoms with Gasteiger partial charge in [-0.05, 0) is 49.7 Å². The van der Waals surface area contributed by atoms with E-state index >= 15 is 0 Å². The SMILES string of the molecule is CCc1cc(Sc2ccccc2NC(=O)c2cccc(F)c2)n2nc(C)nc2n1. The summed E-state index contributed by atoms with van der Waals surface area (Å²) in [4.78, 5) is 22.3. The topological polar surface area (TPSA) is 72.2 Å². The number of aromatic nitrogens is 4. The molecule has 4 rings (SSSR count). The lowest BCUT2D eigenvalue weighted by Crippen LogP contribution is -2.12. The molecule has 2 aromatic carbocycles. The molecule has 0 fully saturated rings. The normalized spacial score (nSPS) is 11.0. The van der Waals surface area contributed by atoms with Gasteiger partial charge in [0.25, 0.3) is 11.7 Å². The Morgan fingerprint density at radius 3 is 2.76 bits per heavy atom. The van der Waals surface area contributed by atoms with E-state index in [1.807, 2.05) is 44.2 Å². The zero-order chi connectivity index (χ0) is 20.4. The number of carbonyl (C=O) groups is 1. The van der Waals surface area contributed by atoms with Crippen molar-refractivity contribution in [3.63, 3.8) is 0 Å². The fraction of sp³-hybridized carbons (Fsp3) is 0.143. The smallest absolute Gasteiger partial charge is 0.255 e. The maximum absolute atomic E-state index is 13.4. The van der Waals surface area contributed by atoms with Crippen molar-refractivity contribution in [3.05, 3.63) is 77.5 Å². The van der Waals surface area contributed by atoms with E-state index in [-0.39, 0.29) is 11.5 Å². The van der Waals surface area contributed by atoms with Gasteiger partial charge in [0.05, 0.1) is 5.69 Å². The Hall–Kier alpha value is -3.26. The van der Waals surface area contributed by atoms with Gasteiger partial charge in [0.2, 0.25) is 0 Å². The average molecular weight is 407 g/mol. The van der Waals surface area contributed by atoms with E-state index in [9.17, 15) is 9.18 Å². The average Bonchev–Trinajstić information content (AvgIpc) is 3.09. The largest absolute Gasteiger partial charge is 0.321 e. The molecule has 6 nitrogen and oxygen atoms in total. The highest BCUT2D eigenvalue weighted by atomic mass is 32.2. The summed E-state index contributed by atoms with van der Waals surface area (Å²) < 4.78 is 15.1. The van der Waals surface area contributed by atoms with E-state index < -0.39 is 5.82 Å². The Morgan fingerprint density at radius 1 is 1.14 bits per heavy atom. The minimum Gasteiger partial charge on any atom is -0.321 e. The van der Waals surface area contributed by atoms with Crippen molar-refractivity contribution in [2.24, 2.45) is 0 Å². The number of hydrogen-bond acceptors (Lipinski definition) is 5. The lowest BCUT2D eigenvalue weighted by atomic mass is 10.2. The molecule has 0 unspecified atom stereocenters. The first-order valence-corrected chi connectivity index (χ1v) is 9.92. The number of para-hydroxylation sites is 1. The van der Waals surface area contributed by atoms with E-state index in [0.717, 1.165) is 22.0 Å². The third kappa shape index (κ3) is 4.12. The third-order valence-electron chi connectivity index (χ3n) is 4.24. The molecular formula is C21H18FN5OS. The lowest BCUT2D eigenvalue weighted by molar-refractivity contribution is 0.102. The Kier molecular flexibility index (Phi) is 5.26. The summed E-state index contributed by atoms with van der Waals surface area (Å²) in [5, 5.41) is 8.14. The Morgan fingerprint density at radius 2 is 1.97 bits per heavy atom. The van der Waals surface area contributed by atoms with Gasteiger partial charge in [0.1, 0.15) is 16.7 Å². The van der Waals surface area contributed by atoms with Crippen LogP contribution in [0.3, 0.4) is 0 Å². The number of hydrogen-bond donors (Lipinski definition) is 1. The molecule has 2 heterocycles. The van der Waals surface area contributed by atoms with Crippen LogP contribution in [0.1, 0.15) is 28.8 Å². The van der Waals surface area contributed by atoms with Crippen molar-refractivity contribution in [2.45, 2.75) is 30.2 Å². The third-order valence-corrected chi connectivity index (χ3v) is 5.31. The number of anilines is 1. The molecule has 2 aromatic heterocycles. The first-order valence-electron chi connectivity index (χ1n) is 9.10. The molecule has 4 aromatic rings. The zero-order valence-corrected chi connectivity index (χ0v) is 16.7. The van der Waals surface area contributed by atoms with Crippen molar-refractivity contribution in [1.29, 1.82) is 0 Å². The number of fused-ring (bicyclic) bond motifs is 1. The predicted octanol–water partition coefficient (Wildman–Crippen LogP) is 4.54.